The summed E-state index contributed by atoms with van der Waals surface area (Å²) in [5.41, 5.74) is 1.30. The Bertz CT molecular complexity index is 591. The van der Waals surface area contributed by atoms with Gasteiger partial charge in [-0.15, -0.1) is 11.3 Å². The molecule has 0 atom stereocenters. The van der Waals surface area contributed by atoms with Crippen LogP contribution < -0.4 is 4.90 Å². The number of hydrogen-bond acceptors (Lipinski definition) is 4. The third-order valence-corrected chi connectivity index (χ3v) is 4.08. The van der Waals surface area contributed by atoms with Gasteiger partial charge in [0.1, 0.15) is 5.75 Å². The molecule has 0 saturated heterocycles. The zero-order chi connectivity index (χ0) is 14.7. The summed E-state index contributed by atoms with van der Waals surface area (Å²) in [6.07, 6.45) is 0. The molecular formula is C16H19NO2S. The maximum absolute atomic E-state index is 11.4. The molecule has 0 unspecified atom stereocenters. The number of Topliss-reactive ketones (excluding diaryl/α,β-unsaturated/α-hetero) is 1. The molecule has 0 aliphatic carbocycles. The number of rotatable bonds is 5. The van der Waals surface area contributed by atoms with Crippen LogP contribution in [-0.2, 0) is 6.54 Å². The Morgan fingerprint density at radius 3 is 2.60 bits per heavy atom. The molecule has 0 spiro atoms. The van der Waals surface area contributed by atoms with Crippen LogP contribution in [-0.4, -0.2) is 16.9 Å². The number of benzene rings is 1. The zero-order valence-corrected chi connectivity index (χ0v) is 12.8. The number of carbonyl (C=O) groups excluding carboxylic acids is 1. The average Bonchev–Trinajstić information content (AvgIpc) is 2.87. The van der Waals surface area contributed by atoms with Crippen molar-refractivity contribution in [2.75, 3.05) is 4.90 Å². The van der Waals surface area contributed by atoms with Gasteiger partial charge < -0.3 is 10.0 Å². The maximum atomic E-state index is 11.4. The Morgan fingerprint density at radius 2 is 2.10 bits per heavy atom. The lowest BCUT2D eigenvalue weighted by atomic mass is 10.1. The predicted octanol–water partition coefficient (Wildman–Crippen LogP) is 4.07. The SMILES string of the molecule is CC(=O)c1ccc(N(Cc2cccs2)C(C)C)cc1O. The molecule has 106 valence electrons. The summed E-state index contributed by atoms with van der Waals surface area (Å²) in [5.74, 6) is -0.0739. The predicted molar refractivity (Wildman–Crippen MR) is 83.7 cm³/mol. The average molecular weight is 289 g/mol. The molecule has 1 heterocycles. The van der Waals surface area contributed by atoms with E-state index >= 15 is 0 Å². The highest BCUT2D eigenvalue weighted by atomic mass is 32.1. The minimum Gasteiger partial charge on any atom is -0.507 e. The summed E-state index contributed by atoms with van der Waals surface area (Å²) in [6.45, 7) is 6.49. The maximum Gasteiger partial charge on any atom is 0.163 e. The van der Waals surface area contributed by atoms with Crippen molar-refractivity contribution in [3.05, 3.63) is 46.2 Å². The van der Waals surface area contributed by atoms with E-state index in [1.165, 1.54) is 11.8 Å². The van der Waals surface area contributed by atoms with Crippen LogP contribution in [0.25, 0.3) is 0 Å². The molecule has 1 aromatic carbocycles. The standard InChI is InChI=1S/C16H19NO2S/c1-11(2)17(10-14-5-4-8-20-14)13-6-7-15(12(3)18)16(19)9-13/h4-9,11,19H,10H2,1-3H3. The van der Waals surface area contributed by atoms with Crippen molar-refractivity contribution in [2.45, 2.75) is 33.4 Å². The van der Waals surface area contributed by atoms with Crippen molar-refractivity contribution in [1.29, 1.82) is 0 Å². The fourth-order valence-corrected chi connectivity index (χ4v) is 2.84. The van der Waals surface area contributed by atoms with Crippen LogP contribution >= 0.6 is 11.3 Å². The molecule has 0 amide bonds. The molecule has 2 aromatic rings. The lowest BCUT2D eigenvalue weighted by Gasteiger charge is -2.29. The Hall–Kier alpha value is -1.81. The molecule has 0 bridgehead atoms. The highest BCUT2D eigenvalue weighted by Crippen LogP contribution is 2.28. The monoisotopic (exact) mass is 289 g/mol. The van der Waals surface area contributed by atoms with Gasteiger partial charge in [-0.2, -0.15) is 0 Å². The minimum absolute atomic E-state index is 0.0480. The molecule has 4 heteroatoms. The van der Waals surface area contributed by atoms with Crippen LogP contribution in [0.2, 0.25) is 0 Å². The number of anilines is 1. The van der Waals surface area contributed by atoms with Crippen LogP contribution in [0.15, 0.2) is 35.7 Å². The number of phenolic OH excluding ortho intramolecular Hbond substituents is 1. The molecule has 0 fully saturated rings. The van der Waals surface area contributed by atoms with Gasteiger partial charge in [0.05, 0.1) is 12.1 Å². The third-order valence-electron chi connectivity index (χ3n) is 3.22. The van der Waals surface area contributed by atoms with Gasteiger partial charge in [0, 0.05) is 22.7 Å². The molecule has 20 heavy (non-hydrogen) atoms. The Morgan fingerprint density at radius 1 is 1.35 bits per heavy atom. The molecule has 0 aliphatic heterocycles. The first-order valence-corrected chi connectivity index (χ1v) is 7.50. The van der Waals surface area contributed by atoms with Gasteiger partial charge in [0.2, 0.25) is 0 Å². The lowest BCUT2D eigenvalue weighted by molar-refractivity contribution is 0.101. The second-order valence-electron chi connectivity index (χ2n) is 5.06. The topological polar surface area (TPSA) is 40.5 Å². The summed E-state index contributed by atoms with van der Waals surface area (Å²) < 4.78 is 0. The number of ketones is 1. The smallest absolute Gasteiger partial charge is 0.163 e. The summed E-state index contributed by atoms with van der Waals surface area (Å²) >= 11 is 1.72. The highest BCUT2D eigenvalue weighted by molar-refractivity contribution is 7.09. The van der Waals surface area contributed by atoms with Gasteiger partial charge in [0.25, 0.3) is 0 Å². The van der Waals surface area contributed by atoms with Gasteiger partial charge in [-0.05, 0) is 44.4 Å². The number of thiophene rings is 1. The van der Waals surface area contributed by atoms with E-state index < -0.39 is 0 Å². The first kappa shape index (κ1) is 14.6. The van der Waals surface area contributed by atoms with E-state index in [0.717, 1.165) is 12.2 Å². The van der Waals surface area contributed by atoms with E-state index in [0.29, 0.717) is 11.6 Å². The largest absolute Gasteiger partial charge is 0.507 e. The van der Waals surface area contributed by atoms with Crippen LogP contribution in [0.5, 0.6) is 5.75 Å². The molecule has 2 rings (SSSR count). The van der Waals surface area contributed by atoms with Gasteiger partial charge in [-0.3, -0.25) is 4.79 Å². The van der Waals surface area contributed by atoms with E-state index in [4.69, 9.17) is 0 Å². The first-order valence-electron chi connectivity index (χ1n) is 6.62. The lowest BCUT2D eigenvalue weighted by Crippen LogP contribution is -2.29. The van der Waals surface area contributed by atoms with Crippen LogP contribution in [0, 0.1) is 0 Å². The fourth-order valence-electron chi connectivity index (χ4n) is 2.14. The molecule has 0 saturated carbocycles. The van der Waals surface area contributed by atoms with E-state index in [-0.39, 0.29) is 11.5 Å². The molecular weight excluding hydrogens is 270 g/mol. The molecule has 0 aliphatic rings. The van der Waals surface area contributed by atoms with E-state index in [1.807, 2.05) is 12.1 Å². The third kappa shape index (κ3) is 3.20. The van der Waals surface area contributed by atoms with Crippen molar-refractivity contribution in [2.24, 2.45) is 0 Å². The number of phenols is 1. The van der Waals surface area contributed by atoms with Gasteiger partial charge in [0.15, 0.2) is 5.78 Å². The van der Waals surface area contributed by atoms with Gasteiger partial charge in [-0.1, -0.05) is 6.07 Å². The van der Waals surface area contributed by atoms with Crippen LogP contribution in [0.3, 0.4) is 0 Å². The summed E-state index contributed by atoms with van der Waals surface area (Å²) in [5, 5.41) is 12.0. The van der Waals surface area contributed by atoms with Crippen molar-refractivity contribution in [3.8, 4) is 5.75 Å². The van der Waals surface area contributed by atoms with E-state index in [1.54, 1.807) is 23.5 Å². The van der Waals surface area contributed by atoms with Gasteiger partial charge in [-0.25, -0.2) is 0 Å². The number of aromatic hydroxyl groups is 1. The minimum atomic E-state index is -0.122. The molecule has 0 radical (unpaired) electrons. The normalized spacial score (nSPS) is 10.8. The van der Waals surface area contributed by atoms with Gasteiger partial charge >= 0.3 is 0 Å². The van der Waals surface area contributed by atoms with Crippen molar-refractivity contribution >= 4 is 22.8 Å². The van der Waals surface area contributed by atoms with Crippen LogP contribution in [0.1, 0.15) is 36.0 Å². The second kappa shape index (κ2) is 6.09. The molecule has 3 nitrogen and oxygen atoms in total. The molecule has 1 aromatic heterocycles. The van der Waals surface area contributed by atoms with E-state index in [9.17, 15) is 9.90 Å². The Kier molecular flexibility index (Phi) is 4.45. The van der Waals surface area contributed by atoms with Crippen molar-refractivity contribution in [1.82, 2.24) is 0 Å². The second-order valence-corrected chi connectivity index (χ2v) is 6.09. The summed E-state index contributed by atoms with van der Waals surface area (Å²) in [6, 6.07) is 9.70. The zero-order valence-electron chi connectivity index (χ0n) is 12.0. The van der Waals surface area contributed by atoms with Crippen molar-refractivity contribution < 1.29 is 9.90 Å². The molecule has 1 N–H and O–H groups in total. The Balaban J connectivity index is 2.30. The number of hydrogen-bond donors (Lipinski definition) is 1. The van der Waals surface area contributed by atoms with Crippen molar-refractivity contribution in [3.63, 3.8) is 0 Å². The fraction of sp³-hybridized carbons (Fsp3) is 0.312. The summed E-state index contributed by atoms with van der Waals surface area (Å²) in [4.78, 5) is 14.8. The Labute approximate surface area is 123 Å². The number of nitrogens with zero attached hydrogens (tertiary/aromatic N) is 1. The first-order chi connectivity index (χ1) is 9.49. The van der Waals surface area contributed by atoms with E-state index in [2.05, 4.69) is 30.2 Å². The quantitative estimate of drug-likeness (QED) is 0.843. The number of carbonyl (C=O) groups is 1. The highest BCUT2D eigenvalue weighted by Gasteiger charge is 2.15. The summed E-state index contributed by atoms with van der Waals surface area (Å²) in [7, 11) is 0. The van der Waals surface area contributed by atoms with Crippen LogP contribution in [0.4, 0.5) is 5.69 Å².